The van der Waals surface area contributed by atoms with E-state index in [1.807, 2.05) is 0 Å². The molecule has 0 radical (unpaired) electrons. The van der Waals surface area contributed by atoms with E-state index in [4.69, 9.17) is 5.73 Å². The van der Waals surface area contributed by atoms with E-state index in [2.05, 4.69) is 10.3 Å². The number of likely N-dealkylation sites (tertiary alicyclic amines) is 1. The van der Waals surface area contributed by atoms with Gasteiger partial charge in [0.05, 0.1) is 12.1 Å². The molecule has 0 spiro atoms. The minimum Gasteiger partial charge on any atom is -0.465 e. The molecule has 5 unspecified atom stereocenters. The van der Waals surface area contributed by atoms with Gasteiger partial charge in [0.15, 0.2) is 0 Å². The fraction of sp³-hybridized carbons (Fsp3) is 0.682. The molecule has 32 heavy (non-hydrogen) atoms. The number of nitrogens with one attached hydrogen (secondary N) is 1. The van der Waals surface area contributed by atoms with Crippen LogP contribution in [0.4, 0.5) is 23.8 Å². The number of hydrogen-bond donors (Lipinski definition) is 3. The maximum atomic E-state index is 13.1. The summed E-state index contributed by atoms with van der Waals surface area (Å²) in [5.74, 6) is 0.725. The van der Waals surface area contributed by atoms with Crippen molar-refractivity contribution < 1.29 is 27.9 Å². The molecule has 6 rings (SSSR count). The van der Waals surface area contributed by atoms with Crippen LogP contribution in [-0.4, -0.2) is 45.6 Å². The summed E-state index contributed by atoms with van der Waals surface area (Å²) in [4.78, 5) is 29.5. The van der Waals surface area contributed by atoms with Gasteiger partial charge in [0.2, 0.25) is 5.91 Å². The van der Waals surface area contributed by atoms with Crippen LogP contribution in [0.15, 0.2) is 18.2 Å². The topological polar surface area (TPSA) is 109 Å². The van der Waals surface area contributed by atoms with Crippen molar-refractivity contribution in [3.05, 3.63) is 23.9 Å². The Hall–Kier alpha value is -2.52. The molecule has 1 aliphatic heterocycles. The van der Waals surface area contributed by atoms with Crippen LogP contribution < -0.4 is 11.1 Å². The molecule has 7 nitrogen and oxygen atoms in total. The van der Waals surface area contributed by atoms with E-state index >= 15 is 0 Å². The van der Waals surface area contributed by atoms with Gasteiger partial charge in [0, 0.05) is 12.0 Å². The lowest BCUT2D eigenvalue weighted by Crippen LogP contribution is -2.61. The van der Waals surface area contributed by atoms with E-state index in [1.54, 1.807) is 0 Å². The number of pyridine rings is 1. The maximum absolute atomic E-state index is 13.1. The number of nitrogens with zero attached hydrogens (tertiary/aromatic N) is 2. The van der Waals surface area contributed by atoms with Gasteiger partial charge in [0.1, 0.15) is 11.5 Å². The van der Waals surface area contributed by atoms with Gasteiger partial charge >= 0.3 is 12.3 Å². The fourth-order valence-electron chi connectivity index (χ4n) is 7.46. The van der Waals surface area contributed by atoms with Crippen molar-refractivity contribution >= 4 is 17.8 Å². The largest absolute Gasteiger partial charge is 0.465 e. The Morgan fingerprint density at radius 1 is 1.19 bits per heavy atom. The number of anilines is 1. The molecule has 1 aromatic heterocycles. The van der Waals surface area contributed by atoms with E-state index in [1.165, 1.54) is 17.0 Å². The normalized spacial score (nSPS) is 38.2. The SMILES string of the molecule is NC(=O)C12CC3CC(C1)C([C@@H]1C(Nc4cccc(C(F)(F)F)n4)CCN1C(=O)O)[C@@H](C3)C2. The molecule has 1 aromatic rings. The minimum atomic E-state index is -4.55. The van der Waals surface area contributed by atoms with Crippen molar-refractivity contribution in [2.45, 2.75) is 56.8 Å². The highest BCUT2D eigenvalue weighted by Crippen LogP contribution is 2.63. The van der Waals surface area contributed by atoms with Crippen LogP contribution in [0.1, 0.15) is 44.2 Å². The van der Waals surface area contributed by atoms with E-state index in [0.717, 1.165) is 25.3 Å². The van der Waals surface area contributed by atoms with Crippen molar-refractivity contribution in [2.24, 2.45) is 34.8 Å². The number of carbonyl (C=O) groups is 2. The summed E-state index contributed by atoms with van der Waals surface area (Å²) in [5.41, 5.74) is 4.33. The second-order valence-electron chi connectivity index (χ2n) is 10.1. The standard InChI is InChI=1S/C22H27F3N4O3/c23-22(24,25)15-2-1-3-16(28-15)27-14-4-5-29(20(31)32)18(14)17-12-6-11-7-13(17)10-21(8-11,9-12)19(26)30/h1-3,11-14,17-18H,4-10H2,(H2,26,30)(H,27,28)(H,31,32)/t11?,12-,13?,14?,17?,18-,21?/m0/s1. The summed E-state index contributed by atoms with van der Waals surface area (Å²) in [6.07, 6.45) is -0.986. The van der Waals surface area contributed by atoms with E-state index in [-0.39, 0.29) is 41.6 Å². The number of carboxylic acid groups (broad SMARTS) is 1. The first-order chi connectivity index (χ1) is 15.1. The predicted octanol–water partition coefficient (Wildman–Crippen LogP) is 3.56. The first-order valence-electron chi connectivity index (χ1n) is 11.2. The number of nitrogens with two attached hydrogens (primary N) is 1. The highest BCUT2D eigenvalue weighted by atomic mass is 19.4. The molecule has 10 heteroatoms. The predicted molar refractivity (Wildman–Crippen MR) is 108 cm³/mol. The van der Waals surface area contributed by atoms with Crippen molar-refractivity contribution in [1.29, 1.82) is 0 Å². The molecule has 4 aliphatic carbocycles. The molecule has 2 heterocycles. The van der Waals surface area contributed by atoms with Gasteiger partial charge in [-0.15, -0.1) is 0 Å². The number of primary amides is 1. The van der Waals surface area contributed by atoms with Gasteiger partial charge in [-0.1, -0.05) is 6.07 Å². The van der Waals surface area contributed by atoms with Gasteiger partial charge in [-0.2, -0.15) is 13.2 Å². The monoisotopic (exact) mass is 452 g/mol. The van der Waals surface area contributed by atoms with E-state index in [0.29, 0.717) is 31.7 Å². The zero-order chi connectivity index (χ0) is 22.8. The van der Waals surface area contributed by atoms with Crippen LogP contribution in [0.25, 0.3) is 0 Å². The third-order valence-electron chi connectivity index (χ3n) is 8.33. The Balaban J connectivity index is 1.43. The zero-order valence-electron chi connectivity index (χ0n) is 17.5. The molecule has 5 fully saturated rings. The summed E-state index contributed by atoms with van der Waals surface area (Å²) in [6, 6.07) is 2.99. The van der Waals surface area contributed by atoms with Crippen LogP contribution in [0.5, 0.6) is 0 Å². The number of rotatable bonds is 4. The van der Waals surface area contributed by atoms with Crippen molar-refractivity contribution in [3.8, 4) is 0 Å². The highest BCUT2D eigenvalue weighted by molar-refractivity contribution is 5.81. The van der Waals surface area contributed by atoms with Gasteiger partial charge in [0.25, 0.3) is 0 Å². The van der Waals surface area contributed by atoms with Crippen molar-refractivity contribution in [3.63, 3.8) is 0 Å². The fourth-order valence-corrected chi connectivity index (χ4v) is 7.46. The van der Waals surface area contributed by atoms with Crippen LogP contribution in [0, 0.1) is 29.1 Å². The molecule has 5 aliphatic rings. The summed E-state index contributed by atoms with van der Waals surface area (Å²) in [6.45, 7) is 0.316. The average molecular weight is 452 g/mol. The van der Waals surface area contributed by atoms with Crippen LogP contribution in [0.2, 0.25) is 0 Å². The Bertz CT molecular complexity index is 923. The molecule has 0 aromatic carbocycles. The molecule has 4 N–H and O–H groups in total. The Labute approximate surface area is 183 Å². The molecule has 1 saturated heterocycles. The highest BCUT2D eigenvalue weighted by Gasteiger charge is 2.61. The summed E-state index contributed by atoms with van der Waals surface area (Å²) in [5, 5.41) is 13.0. The first-order valence-corrected chi connectivity index (χ1v) is 11.2. The third-order valence-corrected chi connectivity index (χ3v) is 8.33. The summed E-state index contributed by atoms with van der Waals surface area (Å²) in [7, 11) is 0. The molecule has 4 bridgehead atoms. The van der Waals surface area contributed by atoms with Crippen LogP contribution in [-0.2, 0) is 11.0 Å². The quantitative estimate of drug-likeness (QED) is 0.647. The summed E-state index contributed by atoms with van der Waals surface area (Å²) < 4.78 is 39.3. The summed E-state index contributed by atoms with van der Waals surface area (Å²) >= 11 is 0. The second kappa shape index (κ2) is 7.25. The van der Waals surface area contributed by atoms with E-state index in [9.17, 15) is 27.9 Å². The third kappa shape index (κ3) is 3.38. The number of aromatic nitrogens is 1. The molecule has 2 amide bonds. The van der Waals surface area contributed by atoms with Gasteiger partial charge in [-0.05, 0) is 74.3 Å². The van der Waals surface area contributed by atoms with Crippen molar-refractivity contribution in [2.75, 3.05) is 11.9 Å². The number of halogens is 3. The van der Waals surface area contributed by atoms with Gasteiger partial charge in [-0.25, -0.2) is 9.78 Å². The lowest BCUT2D eigenvalue weighted by atomic mass is 9.44. The van der Waals surface area contributed by atoms with Crippen LogP contribution in [0.3, 0.4) is 0 Å². The van der Waals surface area contributed by atoms with Gasteiger partial charge in [-0.3, -0.25) is 4.79 Å². The Morgan fingerprint density at radius 2 is 1.88 bits per heavy atom. The zero-order valence-corrected chi connectivity index (χ0v) is 17.5. The number of alkyl halides is 3. The van der Waals surface area contributed by atoms with Crippen LogP contribution >= 0.6 is 0 Å². The second-order valence-corrected chi connectivity index (χ2v) is 10.1. The van der Waals surface area contributed by atoms with Crippen molar-refractivity contribution in [1.82, 2.24) is 9.88 Å². The molecule has 174 valence electrons. The van der Waals surface area contributed by atoms with Gasteiger partial charge < -0.3 is 21.1 Å². The lowest BCUT2D eigenvalue weighted by Gasteiger charge is -2.61. The average Bonchev–Trinajstić information content (AvgIpc) is 3.10. The molecule has 7 atom stereocenters. The minimum absolute atomic E-state index is 0.0564. The number of amides is 2. The first kappa shape index (κ1) is 21.3. The lowest BCUT2D eigenvalue weighted by molar-refractivity contribution is -0.154. The molecule has 4 saturated carbocycles. The maximum Gasteiger partial charge on any atom is 0.433 e. The Morgan fingerprint density at radius 3 is 2.47 bits per heavy atom. The van der Waals surface area contributed by atoms with E-state index < -0.39 is 23.4 Å². The smallest absolute Gasteiger partial charge is 0.433 e. The molecular weight excluding hydrogens is 425 g/mol. The molecular formula is C22H27F3N4O3. The number of hydrogen-bond acceptors (Lipinski definition) is 4. The Kier molecular flexibility index (Phi) is 4.83. The number of carbonyl (C=O) groups excluding carboxylic acids is 1.